The number of hydrogen-bond donors (Lipinski definition) is 3. The van der Waals surface area contributed by atoms with Crippen molar-refractivity contribution in [3.8, 4) is 0 Å². The van der Waals surface area contributed by atoms with Crippen LogP contribution in [-0.4, -0.2) is 38.7 Å². The van der Waals surface area contributed by atoms with Crippen molar-refractivity contribution in [3.05, 3.63) is 11.6 Å². The molecule has 1 aliphatic carbocycles. The second-order valence-corrected chi connectivity index (χ2v) is 4.85. The molecular formula is C12H18N4O3. The van der Waals surface area contributed by atoms with Crippen molar-refractivity contribution in [2.75, 3.05) is 6.54 Å². The van der Waals surface area contributed by atoms with Crippen LogP contribution in [0, 0.1) is 5.92 Å². The highest BCUT2D eigenvalue weighted by atomic mass is 16.4. The minimum Gasteiger partial charge on any atom is -0.481 e. The second kappa shape index (κ2) is 5.81. The molecule has 1 saturated carbocycles. The zero-order valence-corrected chi connectivity index (χ0v) is 10.8. The van der Waals surface area contributed by atoms with E-state index in [2.05, 4.69) is 20.5 Å². The van der Waals surface area contributed by atoms with E-state index in [0.29, 0.717) is 12.3 Å². The lowest BCUT2D eigenvalue weighted by Gasteiger charge is -2.11. The largest absolute Gasteiger partial charge is 0.481 e. The zero-order chi connectivity index (χ0) is 13.8. The summed E-state index contributed by atoms with van der Waals surface area (Å²) in [6, 6.07) is 0. The number of carbonyl (C=O) groups is 2. The summed E-state index contributed by atoms with van der Waals surface area (Å²) in [5.41, 5.74) is 0. The van der Waals surface area contributed by atoms with Gasteiger partial charge < -0.3 is 10.4 Å². The maximum absolute atomic E-state index is 11.8. The highest BCUT2D eigenvalue weighted by molar-refractivity contribution is 5.90. The maximum Gasteiger partial charge on any atom is 0.308 e. The fraction of sp³-hybridized carbons (Fsp3) is 0.667. The van der Waals surface area contributed by atoms with Gasteiger partial charge in [-0.3, -0.25) is 14.7 Å². The number of aliphatic carboxylic acids is 1. The predicted molar refractivity (Wildman–Crippen MR) is 66.7 cm³/mol. The van der Waals surface area contributed by atoms with Crippen LogP contribution in [-0.2, 0) is 4.79 Å². The van der Waals surface area contributed by atoms with E-state index in [1.54, 1.807) is 0 Å². The van der Waals surface area contributed by atoms with E-state index < -0.39 is 17.8 Å². The molecule has 3 N–H and O–H groups in total. The van der Waals surface area contributed by atoms with E-state index in [9.17, 15) is 9.59 Å². The number of carboxylic acid groups (broad SMARTS) is 1. The van der Waals surface area contributed by atoms with E-state index in [1.807, 2.05) is 6.92 Å². The molecule has 0 aromatic carbocycles. The molecule has 0 bridgehead atoms. The number of hydrogen-bond acceptors (Lipinski definition) is 4. The lowest BCUT2D eigenvalue weighted by atomic mass is 10.0. The molecule has 0 spiro atoms. The number of aromatic amines is 1. The quantitative estimate of drug-likeness (QED) is 0.680. The average Bonchev–Trinajstić information content (AvgIpc) is 3.11. The molecule has 1 aromatic heterocycles. The van der Waals surface area contributed by atoms with Gasteiger partial charge in [0.15, 0.2) is 0 Å². The van der Waals surface area contributed by atoms with Crippen molar-refractivity contribution in [3.63, 3.8) is 0 Å². The summed E-state index contributed by atoms with van der Waals surface area (Å²) in [6.07, 6.45) is 3.46. The van der Waals surface area contributed by atoms with Crippen LogP contribution in [0.3, 0.4) is 0 Å². The lowest BCUT2D eigenvalue weighted by molar-refractivity contribution is -0.141. The minimum atomic E-state index is -0.893. The molecule has 1 aliphatic rings. The molecule has 1 atom stereocenters. The van der Waals surface area contributed by atoms with Crippen LogP contribution in [0.15, 0.2) is 0 Å². The third kappa shape index (κ3) is 3.52. The van der Waals surface area contributed by atoms with Crippen LogP contribution in [0.2, 0.25) is 0 Å². The first-order valence-electron chi connectivity index (χ1n) is 6.55. The molecule has 7 nitrogen and oxygen atoms in total. The average molecular weight is 266 g/mol. The van der Waals surface area contributed by atoms with Gasteiger partial charge in [0.05, 0.1) is 5.92 Å². The highest BCUT2D eigenvalue weighted by Gasteiger charge is 2.28. The first-order chi connectivity index (χ1) is 9.11. The van der Waals surface area contributed by atoms with E-state index in [-0.39, 0.29) is 12.4 Å². The Morgan fingerprint density at radius 1 is 1.53 bits per heavy atom. The number of nitrogens with zero attached hydrogens (tertiary/aromatic N) is 2. The second-order valence-electron chi connectivity index (χ2n) is 4.85. The minimum absolute atomic E-state index is 0.0857. The number of amides is 1. The fourth-order valence-electron chi connectivity index (χ4n) is 1.87. The van der Waals surface area contributed by atoms with Crippen LogP contribution >= 0.6 is 0 Å². The third-order valence-corrected chi connectivity index (χ3v) is 3.17. The number of H-pyrrole nitrogens is 1. The van der Waals surface area contributed by atoms with E-state index in [4.69, 9.17) is 5.11 Å². The molecule has 19 heavy (non-hydrogen) atoms. The van der Waals surface area contributed by atoms with Gasteiger partial charge in [-0.2, -0.15) is 0 Å². The van der Waals surface area contributed by atoms with E-state index >= 15 is 0 Å². The lowest BCUT2D eigenvalue weighted by Crippen LogP contribution is -2.33. The summed E-state index contributed by atoms with van der Waals surface area (Å²) >= 11 is 0. The zero-order valence-electron chi connectivity index (χ0n) is 10.8. The van der Waals surface area contributed by atoms with Crippen molar-refractivity contribution in [2.24, 2.45) is 5.92 Å². The Kier molecular flexibility index (Phi) is 4.13. The first kappa shape index (κ1) is 13.5. The van der Waals surface area contributed by atoms with Crippen LogP contribution < -0.4 is 5.32 Å². The molecule has 1 fully saturated rings. The molecule has 1 amide bonds. The topological polar surface area (TPSA) is 108 Å². The Balaban J connectivity index is 1.86. The number of nitrogens with one attached hydrogen (secondary N) is 2. The molecule has 1 heterocycles. The van der Waals surface area contributed by atoms with Crippen molar-refractivity contribution in [1.82, 2.24) is 20.5 Å². The summed E-state index contributed by atoms with van der Waals surface area (Å²) in [6.45, 7) is 2.02. The van der Waals surface area contributed by atoms with Crippen LogP contribution in [0.4, 0.5) is 0 Å². The van der Waals surface area contributed by atoms with Crippen LogP contribution in [0.1, 0.15) is 55.0 Å². The molecular weight excluding hydrogens is 248 g/mol. The molecule has 1 unspecified atom stereocenters. The molecule has 2 rings (SSSR count). The fourth-order valence-corrected chi connectivity index (χ4v) is 1.87. The molecule has 0 aliphatic heterocycles. The van der Waals surface area contributed by atoms with Gasteiger partial charge in [-0.15, -0.1) is 5.10 Å². The Bertz CT molecular complexity index is 467. The SMILES string of the molecule is CCCC(CNC(=O)c1n[nH]c(C2CC2)n1)C(=O)O. The summed E-state index contributed by atoms with van der Waals surface area (Å²) in [7, 11) is 0. The Hall–Kier alpha value is -1.92. The van der Waals surface area contributed by atoms with Gasteiger partial charge in [-0.05, 0) is 19.3 Å². The Morgan fingerprint density at radius 2 is 2.26 bits per heavy atom. The normalized spacial score (nSPS) is 16.1. The standard InChI is InChI=1S/C12H18N4O3/c1-2-3-8(12(18)19)6-13-11(17)10-14-9(15-16-10)7-4-5-7/h7-8H,2-6H2,1H3,(H,13,17)(H,18,19)(H,14,15,16). The Morgan fingerprint density at radius 3 is 2.84 bits per heavy atom. The van der Waals surface area contributed by atoms with Crippen molar-refractivity contribution in [1.29, 1.82) is 0 Å². The highest BCUT2D eigenvalue weighted by Crippen LogP contribution is 2.37. The molecule has 104 valence electrons. The van der Waals surface area contributed by atoms with Gasteiger partial charge in [0.1, 0.15) is 5.82 Å². The number of carboxylic acids is 1. The van der Waals surface area contributed by atoms with Gasteiger partial charge >= 0.3 is 5.97 Å². The molecule has 0 radical (unpaired) electrons. The summed E-state index contributed by atoms with van der Waals surface area (Å²) in [5.74, 6) is -0.644. The van der Waals surface area contributed by atoms with Gasteiger partial charge in [0.2, 0.25) is 5.82 Å². The summed E-state index contributed by atoms with van der Waals surface area (Å²) < 4.78 is 0. The van der Waals surface area contributed by atoms with Gasteiger partial charge in [0.25, 0.3) is 5.91 Å². The molecule has 1 aromatic rings. The summed E-state index contributed by atoms with van der Waals surface area (Å²) in [5, 5.41) is 18.2. The van der Waals surface area contributed by atoms with Crippen molar-refractivity contribution >= 4 is 11.9 Å². The number of aromatic nitrogens is 3. The van der Waals surface area contributed by atoms with E-state index in [1.165, 1.54) is 0 Å². The number of carbonyl (C=O) groups excluding carboxylic acids is 1. The van der Waals surface area contributed by atoms with Crippen LogP contribution in [0.25, 0.3) is 0 Å². The maximum atomic E-state index is 11.8. The third-order valence-electron chi connectivity index (χ3n) is 3.17. The monoisotopic (exact) mass is 266 g/mol. The first-order valence-corrected chi connectivity index (χ1v) is 6.55. The van der Waals surface area contributed by atoms with Crippen molar-refractivity contribution < 1.29 is 14.7 Å². The predicted octanol–water partition coefficient (Wildman–Crippen LogP) is 0.913. The van der Waals surface area contributed by atoms with Crippen LogP contribution in [0.5, 0.6) is 0 Å². The van der Waals surface area contributed by atoms with Crippen molar-refractivity contribution in [2.45, 2.75) is 38.5 Å². The molecule has 7 heteroatoms. The van der Waals surface area contributed by atoms with Gasteiger partial charge in [-0.25, -0.2) is 4.98 Å². The Labute approximate surface area is 110 Å². The molecule has 0 saturated heterocycles. The number of rotatable bonds is 7. The van der Waals surface area contributed by atoms with Gasteiger partial charge in [0, 0.05) is 12.5 Å². The van der Waals surface area contributed by atoms with E-state index in [0.717, 1.165) is 25.1 Å². The van der Waals surface area contributed by atoms with Gasteiger partial charge in [-0.1, -0.05) is 13.3 Å². The smallest absolute Gasteiger partial charge is 0.308 e. The summed E-state index contributed by atoms with van der Waals surface area (Å²) in [4.78, 5) is 26.8.